The summed E-state index contributed by atoms with van der Waals surface area (Å²) in [5.74, 6) is -0.193. The van der Waals surface area contributed by atoms with E-state index >= 15 is 0 Å². The zero-order chi connectivity index (χ0) is 14.5. The Labute approximate surface area is 122 Å². The topological polar surface area (TPSA) is 50.4 Å². The minimum Gasteiger partial charge on any atom is -0.375 e. The van der Waals surface area contributed by atoms with Crippen molar-refractivity contribution in [3.63, 3.8) is 0 Å². The van der Waals surface area contributed by atoms with E-state index in [0.717, 1.165) is 16.7 Å². The molecule has 0 bridgehead atoms. The molecule has 0 amide bonds. The molecule has 0 aliphatic carbocycles. The van der Waals surface area contributed by atoms with Crippen LogP contribution in [-0.2, 0) is 0 Å². The standard InChI is InChI=1S/C15H14FN3S/c1-10-8-13(6-7-14(10)16)12-4-2-11(3-5-12)9-18-19-15(17)20/h2-9H,1H3,(H3,17,19,20). The average Bonchev–Trinajstić information content (AvgIpc) is 2.42. The van der Waals surface area contributed by atoms with E-state index in [1.165, 1.54) is 6.07 Å². The molecule has 0 spiro atoms. The van der Waals surface area contributed by atoms with Gasteiger partial charge in [-0.1, -0.05) is 30.3 Å². The lowest BCUT2D eigenvalue weighted by Gasteiger charge is -2.04. The Hall–Kier alpha value is -2.27. The van der Waals surface area contributed by atoms with E-state index in [-0.39, 0.29) is 10.9 Å². The van der Waals surface area contributed by atoms with Crippen LogP contribution >= 0.6 is 12.2 Å². The lowest BCUT2D eigenvalue weighted by molar-refractivity contribution is 0.619. The highest BCUT2D eigenvalue weighted by Crippen LogP contribution is 2.21. The van der Waals surface area contributed by atoms with Crippen LogP contribution in [0.3, 0.4) is 0 Å². The Kier molecular flexibility index (Phi) is 4.42. The molecule has 102 valence electrons. The molecule has 0 saturated carbocycles. The third kappa shape index (κ3) is 3.61. The fourth-order valence-corrected chi connectivity index (χ4v) is 1.81. The molecule has 2 aromatic carbocycles. The van der Waals surface area contributed by atoms with Gasteiger partial charge in [0.1, 0.15) is 5.82 Å². The van der Waals surface area contributed by atoms with Crippen molar-refractivity contribution < 1.29 is 4.39 Å². The zero-order valence-corrected chi connectivity index (χ0v) is 11.7. The molecule has 0 atom stereocenters. The van der Waals surface area contributed by atoms with Crippen molar-refractivity contribution in [1.82, 2.24) is 5.43 Å². The number of hydrogen-bond donors (Lipinski definition) is 2. The van der Waals surface area contributed by atoms with E-state index in [1.54, 1.807) is 19.2 Å². The average molecular weight is 287 g/mol. The van der Waals surface area contributed by atoms with Crippen LogP contribution in [-0.4, -0.2) is 11.3 Å². The van der Waals surface area contributed by atoms with E-state index in [4.69, 9.17) is 5.73 Å². The van der Waals surface area contributed by atoms with Gasteiger partial charge in [-0.05, 0) is 53.5 Å². The SMILES string of the molecule is Cc1cc(-c2ccc(C=NNC(N)=S)cc2)ccc1F. The summed E-state index contributed by atoms with van der Waals surface area (Å²) in [6.07, 6.45) is 1.62. The van der Waals surface area contributed by atoms with Gasteiger partial charge in [0.15, 0.2) is 5.11 Å². The number of aryl methyl sites for hydroxylation is 1. The third-order valence-electron chi connectivity index (χ3n) is 2.79. The number of nitrogens with two attached hydrogens (primary N) is 1. The number of halogens is 1. The first-order valence-corrected chi connectivity index (χ1v) is 6.42. The van der Waals surface area contributed by atoms with Crippen LogP contribution in [0.15, 0.2) is 47.6 Å². The van der Waals surface area contributed by atoms with Crippen molar-refractivity contribution in [3.8, 4) is 11.1 Å². The number of benzene rings is 2. The third-order valence-corrected chi connectivity index (χ3v) is 2.88. The zero-order valence-electron chi connectivity index (χ0n) is 10.9. The van der Waals surface area contributed by atoms with Crippen LogP contribution in [0.25, 0.3) is 11.1 Å². The molecular weight excluding hydrogens is 273 g/mol. The molecule has 3 nitrogen and oxygen atoms in total. The Morgan fingerprint density at radius 1 is 1.20 bits per heavy atom. The second kappa shape index (κ2) is 6.25. The Bertz CT molecular complexity index is 651. The van der Waals surface area contributed by atoms with Gasteiger partial charge in [0.05, 0.1) is 6.21 Å². The summed E-state index contributed by atoms with van der Waals surface area (Å²) >= 11 is 4.64. The first kappa shape index (κ1) is 14.1. The maximum atomic E-state index is 13.2. The minimum atomic E-state index is -0.193. The fraction of sp³-hybridized carbons (Fsp3) is 0.0667. The Morgan fingerprint density at radius 3 is 2.45 bits per heavy atom. The normalized spacial score (nSPS) is 10.7. The largest absolute Gasteiger partial charge is 0.375 e. The van der Waals surface area contributed by atoms with E-state index in [2.05, 4.69) is 22.7 Å². The number of hydrogen-bond acceptors (Lipinski definition) is 2. The number of nitrogens with one attached hydrogen (secondary N) is 1. The second-order valence-electron chi connectivity index (χ2n) is 4.32. The van der Waals surface area contributed by atoms with Crippen LogP contribution in [0.1, 0.15) is 11.1 Å². The quantitative estimate of drug-likeness (QED) is 0.518. The predicted octanol–water partition coefficient (Wildman–Crippen LogP) is 2.97. The van der Waals surface area contributed by atoms with Gasteiger partial charge in [-0.25, -0.2) is 4.39 Å². The summed E-state index contributed by atoms with van der Waals surface area (Å²) in [5, 5.41) is 4.00. The van der Waals surface area contributed by atoms with Crippen LogP contribution in [0, 0.1) is 12.7 Å². The van der Waals surface area contributed by atoms with E-state index in [1.807, 2.05) is 30.3 Å². The molecule has 0 unspecified atom stereocenters. The Balaban J connectivity index is 2.17. The van der Waals surface area contributed by atoms with Crippen LogP contribution < -0.4 is 11.2 Å². The van der Waals surface area contributed by atoms with Crippen molar-refractivity contribution in [2.45, 2.75) is 6.92 Å². The molecule has 20 heavy (non-hydrogen) atoms. The number of thiocarbonyl (C=S) groups is 1. The number of rotatable bonds is 3. The van der Waals surface area contributed by atoms with E-state index in [9.17, 15) is 4.39 Å². The number of nitrogens with zero attached hydrogens (tertiary/aromatic N) is 1. The highest BCUT2D eigenvalue weighted by Gasteiger charge is 2.01. The predicted molar refractivity (Wildman–Crippen MR) is 84.1 cm³/mol. The van der Waals surface area contributed by atoms with Gasteiger partial charge in [0, 0.05) is 0 Å². The van der Waals surface area contributed by atoms with Crippen molar-refractivity contribution in [1.29, 1.82) is 0 Å². The maximum Gasteiger partial charge on any atom is 0.184 e. The van der Waals surface area contributed by atoms with Gasteiger partial charge < -0.3 is 5.73 Å². The molecule has 2 aromatic rings. The van der Waals surface area contributed by atoms with Gasteiger partial charge in [-0.2, -0.15) is 5.10 Å². The minimum absolute atomic E-state index is 0.125. The van der Waals surface area contributed by atoms with Gasteiger partial charge >= 0.3 is 0 Å². The summed E-state index contributed by atoms with van der Waals surface area (Å²) in [6, 6.07) is 12.8. The number of hydrazone groups is 1. The monoisotopic (exact) mass is 287 g/mol. The van der Waals surface area contributed by atoms with E-state index in [0.29, 0.717) is 5.56 Å². The lowest BCUT2D eigenvalue weighted by atomic mass is 10.0. The van der Waals surface area contributed by atoms with Crippen LogP contribution in [0.5, 0.6) is 0 Å². The summed E-state index contributed by atoms with van der Waals surface area (Å²) in [4.78, 5) is 0. The molecule has 0 aliphatic rings. The first-order valence-electron chi connectivity index (χ1n) is 6.01. The smallest absolute Gasteiger partial charge is 0.184 e. The first-order chi connectivity index (χ1) is 9.56. The molecule has 0 aromatic heterocycles. The van der Waals surface area contributed by atoms with Crippen molar-refractivity contribution >= 4 is 23.5 Å². The van der Waals surface area contributed by atoms with Gasteiger partial charge in [0.25, 0.3) is 0 Å². The fourth-order valence-electron chi connectivity index (χ4n) is 1.76. The maximum absolute atomic E-state index is 13.2. The summed E-state index contributed by atoms with van der Waals surface area (Å²) in [6.45, 7) is 1.75. The molecule has 0 fully saturated rings. The molecule has 3 N–H and O–H groups in total. The molecule has 0 aliphatic heterocycles. The molecule has 2 rings (SSSR count). The Morgan fingerprint density at radius 2 is 1.85 bits per heavy atom. The molecule has 0 saturated heterocycles. The van der Waals surface area contributed by atoms with Gasteiger partial charge in [-0.15, -0.1) is 0 Å². The van der Waals surface area contributed by atoms with Gasteiger partial charge in [-0.3, -0.25) is 5.43 Å². The molecule has 5 heteroatoms. The van der Waals surface area contributed by atoms with Crippen LogP contribution in [0.2, 0.25) is 0 Å². The molecule has 0 radical (unpaired) electrons. The molecular formula is C15H14FN3S. The van der Waals surface area contributed by atoms with Crippen molar-refractivity contribution in [2.24, 2.45) is 10.8 Å². The van der Waals surface area contributed by atoms with Gasteiger partial charge in [0.2, 0.25) is 0 Å². The second-order valence-corrected chi connectivity index (χ2v) is 4.76. The molecule has 0 heterocycles. The summed E-state index contributed by atoms with van der Waals surface area (Å²) < 4.78 is 13.2. The lowest BCUT2D eigenvalue weighted by Crippen LogP contribution is -2.23. The van der Waals surface area contributed by atoms with Crippen LogP contribution in [0.4, 0.5) is 4.39 Å². The van der Waals surface area contributed by atoms with E-state index < -0.39 is 0 Å². The summed E-state index contributed by atoms with van der Waals surface area (Å²) in [7, 11) is 0. The summed E-state index contributed by atoms with van der Waals surface area (Å²) in [5.41, 5.74) is 11.3. The highest BCUT2D eigenvalue weighted by atomic mass is 32.1. The van der Waals surface area contributed by atoms with Crippen molar-refractivity contribution in [3.05, 3.63) is 59.4 Å². The highest BCUT2D eigenvalue weighted by molar-refractivity contribution is 7.80. The van der Waals surface area contributed by atoms with Crippen molar-refractivity contribution in [2.75, 3.05) is 0 Å².